The van der Waals surface area contributed by atoms with Gasteiger partial charge in [-0.3, -0.25) is 4.79 Å². The Kier molecular flexibility index (Phi) is 6.74. The van der Waals surface area contributed by atoms with Gasteiger partial charge in [0, 0.05) is 13.1 Å². The first-order valence-electron chi connectivity index (χ1n) is 4.60. The van der Waals surface area contributed by atoms with Gasteiger partial charge in [0.05, 0.1) is 6.42 Å². The molecule has 100 valence electrons. The average molecular weight is 271 g/mol. The molecule has 0 spiro atoms. The zero-order valence-electron chi connectivity index (χ0n) is 9.11. The summed E-state index contributed by atoms with van der Waals surface area (Å²) in [4.78, 5) is 39.2. The maximum atomic E-state index is 11.3. The predicted octanol–water partition coefficient (Wildman–Crippen LogP) is -0.0136. The van der Waals surface area contributed by atoms with E-state index in [9.17, 15) is 14.2 Å². The van der Waals surface area contributed by atoms with Gasteiger partial charge in [-0.05, 0) is 6.92 Å². The number of rotatable bonds is 7. The second-order valence-electron chi connectivity index (χ2n) is 2.87. The summed E-state index contributed by atoms with van der Waals surface area (Å²) >= 11 is 0. The molecule has 0 aliphatic carbocycles. The lowest BCUT2D eigenvalue weighted by atomic mass is 10.4. The highest BCUT2D eigenvalue weighted by atomic mass is 31.2. The zero-order valence-corrected chi connectivity index (χ0v) is 10.0. The monoisotopic (exact) mass is 271 g/mol. The molecule has 0 aromatic carbocycles. The summed E-state index contributed by atoms with van der Waals surface area (Å²) in [5.41, 5.74) is 0. The Hall–Kier alpha value is -1.15. The van der Waals surface area contributed by atoms with Crippen molar-refractivity contribution < 1.29 is 38.3 Å². The van der Waals surface area contributed by atoms with Crippen LogP contribution in [-0.4, -0.2) is 51.7 Å². The molecule has 0 radical (unpaired) electrons. The molecule has 17 heavy (non-hydrogen) atoms. The third kappa shape index (κ3) is 8.64. The van der Waals surface area contributed by atoms with E-state index in [1.807, 2.05) is 0 Å². The van der Waals surface area contributed by atoms with Crippen molar-refractivity contribution in [2.24, 2.45) is 0 Å². The van der Waals surface area contributed by atoms with Crippen molar-refractivity contribution in [2.75, 3.05) is 19.9 Å². The Morgan fingerprint density at radius 1 is 1.35 bits per heavy atom. The Balaban J connectivity index is 4.00. The number of phosphoric ester groups is 1. The van der Waals surface area contributed by atoms with Gasteiger partial charge in [-0.2, -0.15) is 0 Å². The van der Waals surface area contributed by atoms with Crippen molar-refractivity contribution in [3.63, 3.8) is 0 Å². The minimum absolute atomic E-state index is 0.0550. The summed E-state index contributed by atoms with van der Waals surface area (Å²) in [6, 6.07) is 0. The summed E-state index contributed by atoms with van der Waals surface area (Å²) in [6.45, 7) is 0.863. The van der Waals surface area contributed by atoms with E-state index < -0.39 is 26.7 Å². The summed E-state index contributed by atoms with van der Waals surface area (Å²) < 4.78 is 18.5. The number of hydrogen-bond acceptors (Lipinski definition) is 5. The number of phosphoric acid groups is 1. The maximum absolute atomic E-state index is 11.3. The summed E-state index contributed by atoms with van der Waals surface area (Å²) in [5, 5.41) is 8.42. The van der Waals surface area contributed by atoms with Crippen molar-refractivity contribution in [1.29, 1.82) is 0 Å². The van der Waals surface area contributed by atoms with Crippen LogP contribution < -0.4 is 0 Å². The van der Waals surface area contributed by atoms with Crippen LogP contribution in [0.5, 0.6) is 0 Å². The summed E-state index contributed by atoms with van der Waals surface area (Å²) in [5.74, 6) is -1.07. The Morgan fingerprint density at radius 3 is 2.35 bits per heavy atom. The van der Waals surface area contributed by atoms with Crippen LogP contribution in [0.3, 0.4) is 0 Å². The van der Waals surface area contributed by atoms with Crippen molar-refractivity contribution >= 4 is 19.9 Å². The van der Waals surface area contributed by atoms with Crippen molar-refractivity contribution in [1.82, 2.24) is 4.90 Å². The SMILES string of the molecule is CCN(CCC(=O)O)C(=O)OCOP(=O)(O)O. The second kappa shape index (κ2) is 7.23. The Labute approximate surface area is 97.2 Å². The molecule has 0 saturated carbocycles. The number of ether oxygens (including phenoxy) is 1. The summed E-state index contributed by atoms with van der Waals surface area (Å²) in [7, 11) is -4.68. The van der Waals surface area contributed by atoms with Gasteiger partial charge < -0.3 is 24.5 Å². The van der Waals surface area contributed by atoms with E-state index in [1.54, 1.807) is 6.92 Å². The van der Waals surface area contributed by atoms with Crippen LogP contribution in [0.1, 0.15) is 13.3 Å². The van der Waals surface area contributed by atoms with Crippen LogP contribution in [0.2, 0.25) is 0 Å². The van der Waals surface area contributed by atoms with Crippen LogP contribution in [0.25, 0.3) is 0 Å². The molecular weight excluding hydrogens is 257 g/mol. The van der Waals surface area contributed by atoms with Crippen LogP contribution >= 0.6 is 7.82 Å². The van der Waals surface area contributed by atoms with Gasteiger partial charge in [-0.1, -0.05) is 0 Å². The number of carbonyl (C=O) groups is 2. The van der Waals surface area contributed by atoms with Gasteiger partial charge in [0.2, 0.25) is 6.79 Å². The fraction of sp³-hybridized carbons (Fsp3) is 0.714. The van der Waals surface area contributed by atoms with Crippen LogP contribution in [-0.2, 0) is 18.6 Å². The van der Waals surface area contributed by atoms with Gasteiger partial charge in [-0.25, -0.2) is 13.9 Å². The fourth-order valence-electron chi connectivity index (χ4n) is 0.846. The lowest BCUT2D eigenvalue weighted by molar-refractivity contribution is -0.137. The Morgan fingerprint density at radius 2 is 1.94 bits per heavy atom. The van der Waals surface area contributed by atoms with Crippen LogP contribution in [0, 0.1) is 0 Å². The largest absolute Gasteiger partial charge is 0.481 e. The van der Waals surface area contributed by atoms with E-state index in [2.05, 4.69) is 9.26 Å². The second-order valence-corrected chi connectivity index (χ2v) is 4.11. The van der Waals surface area contributed by atoms with Crippen molar-refractivity contribution in [2.45, 2.75) is 13.3 Å². The lowest BCUT2D eigenvalue weighted by Crippen LogP contribution is -2.33. The van der Waals surface area contributed by atoms with E-state index in [4.69, 9.17) is 14.9 Å². The van der Waals surface area contributed by atoms with E-state index in [0.717, 1.165) is 4.90 Å². The molecule has 0 saturated heterocycles. The highest BCUT2D eigenvalue weighted by Gasteiger charge is 2.18. The molecule has 0 aliphatic rings. The molecule has 0 fully saturated rings. The van der Waals surface area contributed by atoms with E-state index in [-0.39, 0.29) is 19.5 Å². The van der Waals surface area contributed by atoms with E-state index >= 15 is 0 Å². The molecule has 0 heterocycles. The highest BCUT2D eigenvalue weighted by Crippen LogP contribution is 2.35. The van der Waals surface area contributed by atoms with E-state index in [1.165, 1.54) is 0 Å². The first kappa shape index (κ1) is 15.9. The number of aliphatic carboxylic acids is 1. The standard InChI is InChI=1S/C7H14NO8P/c1-2-8(4-3-6(9)10)7(11)15-5-16-17(12,13)14/h2-5H2,1H3,(H,9,10)(H2,12,13,14). The number of nitrogens with zero attached hydrogens (tertiary/aromatic N) is 1. The molecule has 1 amide bonds. The third-order valence-corrected chi connectivity index (χ3v) is 2.08. The predicted molar refractivity (Wildman–Crippen MR) is 54.0 cm³/mol. The normalized spacial score (nSPS) is 11.0. The topological polar surface area (TPSA) is 134 Å². The third-order valence-electron chi connectivity index (χ3n) is 1.64. The van der Waals surface area contributed by atoms with E-state index in [0.29, 0.717) is 0 Å². The minimum Gasteiger partial charge on any atom is -0.481 e. The van der Waals surface area contributed by atoms with Gasteiger partial charge in [-0.15, -0.1) is 0 Å². The maximum Gasteiger partial charge on any atom is 0.472 e. The first-order chi connectivity index (χ1) is 7.76. The van der Waals surface area contributed by atoms with Gasteiger partial charge in [0.25, 0.3) is 0 Å². The van der Waals surface area contributed by atoms with Gasteiger partial charge >= 0.3 is 19.9 Å². The molecule has 0 unspecified atom stereocenters. The lowest BCUT2D eigenvalue weighted by Gasteiger charge is -2.19. The number of carboxylic acids is 1. The Bertz CT molecular complexity index is 313. The zero-order chi connectivity index (χ0) is 13.5. The highest BCUT2D eigenvalue weighted by molar-refractivity contribution is 7.46. The van der Waals surface area contributed by atoms with Crippen molar-refractivity contribution in [3.05, 3.63) is 0 Å². The first-order valence-corrected chi connectivity index (χ1v) is 6.13. The molecule has 3 N–H and O–H groups in total. The molecule has 9 nitrogen and oxygen atoms in total. The molecule has 0 rings (SSSR count). The molecular formula is C7H14NO8P. The van der Waals surface area contributed by atoms with Crippen molar-refractivity contribution in [3.8, 4) is 0 Å². The molecule has 0 aliphatic heterocycles. The average Bonchev–Trinajstić information content (AvgIpc) is 2.16. The van der Waals surface area contributed by atoms with Gasteiger partial charge in [0.15, 0.2) is 0 Å². The number of carbonyl (C=O) groups excluding carboxylic acids is 1. The smallest absolute Gasteiger partial charge is 0.472 e. The molecule has 0 atom stereocenters. The number of hydrogen-bond donors (Lipinski definition) is 3. The van der Waals surface area contributed by atoms with Crippen LogP contribution in [0.15, 0.2) is 0 Å². The quantitative estimate of drug-likeness (QED) is 0.434. The minimum atomic E-state index is -4.68. The molecule has 0 aromatic heterocycles. The summed E-state index contributed by atoms with van der Waals surface area (Å²) in [6.07, 6.45) is -1.15. The molecule has 0 bridgehead atoms. The fourth-order valence-corrected chi connectivity index (χ4v) is 1.04. The number of amides is 1. The molecule has 0 aromatic rings. The molecule has 10 heteroatoms. The number of carboxylic acid groups (broad SMARTS) is 1. The van der Waals surface area contributed by atoms with Crippen LogP contribution in [0.4, 0.5) is 4.79 Å². The van der Waals surface area contributed by atoms with Gasteiger partial charge in [0.1, 0.15) is 0 Å².